The van der Waals surface area contributed by atoms with Gasteiger partial charge in [0.15, 0.2) is 0 Å². The number of nitrogens with two attached hydrogens (primary N) is 1. The molecule has 1 heterocycles. The lowest BCUT2D eigenvalue weighted by Crippen LogP contribution is -2.61. The van der Waals surface area contributed by atoms with E-state index in [9.17, 15) is 34.2 Å². The second-order valence-corrected chi connectivity index (χ2v) is 15.0. The van der Waals surface area contributed by atoms with Gasteiger partial charge in [0.05, 0.1) is 17.3 Å². The average Bonchev–Trinajstić information content (AvgIpc) is 2.96. The van der Waals surface area contributed by atoms with Gasteiger partial charge in [-0.2, -0.15) is 0 Å². The first-order chi connectivity index (χ1) is 20.6. The zero-order valence-corrected chi connectivity index (χ0v) is 26.6. The van der Waals surface area contributed by atoms with Crippen LogP contribution in [-0.4, -0.2) is 80.0 Å². The van der Waals surface area contributed by atoms with Crippen molar-refractivity contribution in [3.8, 4) is 5.75 Å². The molecule has 0 aliphatic carbocycles. The highest BCUT2D eigenvalue weighted by Gasteiger charge is 2.44. The Kier molecular flexibility index (Phi) is 11.7. The van der Waals surface area contributed by atoms with Crippen molar-refractivity contribution < 1.29 is 34.2 Å². The SMILES string of the molecule is CC1(C)SSC(C)(C)[C@H](NC(=O)[C@H](N)Cc2ccc(O)cc2)C(=O)NCC(=O)NC(Cc2ccccc2)C(=O)NC1C(=O)O. The second kappa shape index (κ2) is 14.8. The molecule has 4 atom stereocenters. The van der Waals surface area contributed by atoms with Gasteiger partial charge in [0, 0.05) is 11.2 Å². The van der Waals surface area contributed by atoms with E-state index in [2.05, 4.69) is 21.3 Å². The van der Waals surface area contributed by atoms with Crippen LogP contribution in [0.5, 0.6) is 5.75 Å². The number of hydrogen-bond acceptors (Lipinski definition) is 9. The number of phenols is 1. The van der Waals surface area contributed by atoms with Gasteiger partial charge in [-0.15, -0.1) is 0 Å². The Labute approximate surface area is 264 Å². The molecule has 44 heavy (non-hydrogen) atoms. The van der Waals surface area contributed by atoms with Crippen molar-refractivity contribution in [2.75, 3.05) is 6.54 Å². The van der Waals surface area contributed by atoms with Crippen LogP contribution in [0.15, 0.2) is 54.6 Å². The lowest BCUT2D eigenvalue weighted by Gasteiger charge is -2.38. The number of carboxylic acids is 1. The van der Waals surface area contributed by atoms with Crippen LogP contribution in [0, 0.1) is 0 Å². The largest absolute Gasteiger partial charge is 0.508 e. The van der Waals surface area contributed by atoms with Gasteiger partial charge in [0.2, 0.25) is 23.6 Å². The molecule has 0 spiro atoms. The summed E-state index contributed by atoms with van der Waals surface area (Å²) in [5.41, 5.74) is 7.61. The number of carbonyl (C=O) groups excluding carboxylic acids is 4. The Balaban J connectivity index is 1.88. The number of rotatable bonds is 7. The molecule has 2 aromatic rings. The van der Waals surface area contributed by atoms with Gasteiger partial charge in [0.1, 0.15) is 23.9 Å². The number of nitrogens with one attached hydrogen (secondary N) is 4. The molecule has 1 aliphatic heterocycles. The van der Waals surface area contributed by atoms with E-state index in [1.54, 1.807) is 70.2 Å². The summed E-state index contributed by atoms with van der Waals surface area (Å²) in [5.74, 6) is -3.82. The van der Waals surface area contributed by atoms with Gasteiger partial charge in [-0.25, -0.2) is 4.79 Å². The second-order valence-electron chi connectivity index (χ2n) is 11.6. The van der Waals surface area contributed by atoms with Gasteiger partial charge in [0.25, 0.3) is 0 Å². The van der Waals surface area contributed by atoms with Crippen molar-refractivity contribution in [3.05, 3.63) is 65.7 Å². The Bertz CT molecular complexity index is 1360. The van der Waals surface area contributed by atoms with Crippen LogP contribution < -0.4 is 27.0 Å². The number of benzene rings is 2. The highest BCUT2D eigenvalue weighted by molar-refractivity contribution is 8.77. The molecule has 0 aromatic heterocycles. The number of hydrogen-bond donors (Lipinski definition) is 7. The van der Waals surface area contributed by atoms with Crippen molar-refractivity contribution in [2.24, 2.45) is 5.73 Å². The number of phenolic OH excluding ortho intramolecular Hbond substituents is 1. The van der Waals surface area contributed by atoms with Gasteiger partial charge in [-0.1, -0.05) is 64.1 Å². The summed E-state index contributed by atoms with van der Waals surface area (Å²) in [6.07, 6.45) is 0.229. The molecule has 0 saturated carbocycles. The Hall–Kier alpha value is -3.75. The minimum atomic E-state index is -1.36. The molecular formula is C30H39N5O7S2. The summed E-state index contributed by atoms with van der Waals surface area (Å²) in [7, 11) is 2.32. The van der Waals surface area contributed by atoms with E-state index in [0.717, 1.165) is 16.4 Å². The summed E-state index contributed by atoms with van der Waals surface area (Å²) in [6.45, 7) is 6.21. The van der Waals surface area contributed by atoms with E-state index < -0.39 is 69.8 Å². The van der Waals surface area contributed by atoms with Crippen molar-refractivity contribution in [2.45, 2.75) is 74.2 Å². The van der Waals surface area contributed by atoms with Crippen molar-refractivity contribution in [3.63, 3.8) is 0 Å². The Morgan fingerprint density at radius 1 is 0.932 bits per heavy atom. The maximum Gasteiger partial charge on any atom is 0.327 e. The van der Waals surface area contributed by atoms with E-state index in [4.69, 9.17) is 5.73 Å². The average molecular weight is 646 g/mol. The lowest BCUT2D eigenvalue weighted by atomic mass is 10.00. The number of carboxylic acid groups (broad SMARTS) is 1. The van der Waals surface area contributed by atoms with Crippen LogP contribution in [0.25, 0.3) is 0 Å². The molecule has 1 saturated heterocycles. The van der Waals surface area contributed by atoms with E-state index in [1.165, 1.54) is 22.9 Å². The quantitative estimate of drug-likeness (QED) is 0.214. The lowest BCUT2D eigenvalue weighted by molar-refractivity contribution is -0.143. The fraction of sp³-hybridized carbons (Fsp3) is 0.433. The first-order valence-electron chi connectivity index (χ1n) is 13.9. The van der Waals surface area contributed by atoms with E-state index >= 15 is 0 Å². The molecule has 0 bridgehead atoms. The molecule has 2 aromatic carbocycles. The van der Waals surface area contributed by atoms with E-state index in [-0.39, 0.29) is 18.6 Å². The third kappa shape index (κ3) is 9.63. The van der Waals surface area contributed by atoms with Crippen LogP contribution >= 0.6 is 21.6 Å². The van der Waals surface area contributed by atoms with Gasteiger partial charge < -0.3 is 37.2 Å². The molecule has 4 amide bonds. The van der Waals surface area contributed by atoms with Crippen molar-refractivity contribution in [1.82, 2.24) is 21.3 Å². The van der Waals surface area contributed by atoms with Crippen molar-refractivity contribution >= 4 is 51.2 Å². The molecule has 1 fully saturated rings. The normalized spacial score (nSPS) is 23.2. The minimum Gasteiger partial charge on any atom is -0.508 e. The summed E-state index contributed by atoms with van der Waals surface area (Å²) < 4.78 is -2.14. The summed E-state index contributed by atoms with van der Waals surface area (Å²) in [4.78, 5) is 65.4. The van der Waals surface area contributed by atoms with Gasteiger partial charge >= 0.3 is 5.97 Å². The molecule has 2 unspecified atom stereocenters. The molecule has 3 rings (SSSR count). The zero-order valence-electron chi connectivity index (χ0n) is 25.0. The summed E-state index contributed by atoms with van der Waals surface area (Å²) >= 11 is 0. The topological polar surface area (TPSA) is 200 Å². The highest BCUT2D eigenvalue weighted by atomic mass is 33.1. The summed E-state index contributed by atoms with van der Waals surface area (Å²) in [5, 5.41) is 30.1. The fourth-order valence-electron chi connectivity index (χ4n) is 4.44. The molecule has 1 aliphatic rings. The van der Waals surface area contributed by atoms with E-state index in [1.807, 2.05) is 0 Å². The van der Waals surface area contributed by atoms with Crippen LogP contribution in [-0.2, 0) is 36.8 Å². The van der Waals surface area contributed by atoms with Crippen LogP contribution in [0.3, 0.4) is 0 Å². The maximum absolute atomic E-state index is 13.5. The maximum atomic E-state index is 13.5. The molecule has 8 N–H and O–H groups in total. The van der Waals surface area contributed by atoms with E-state index in [0.29, 0.717) is 5.56 Å². The number of carbonyl (C=O) groups is 5. The minimum absolute atomic E-state index is 0.0718. The van der Waals surface area contributed by atoms with Gasteiger partial charge in [-0.3, -0.25) is 19.2 Å². The third-order valence-corrected chi connectivity index (χ3v) is 11.3. The molecule has 14 heteroatoms. The predicted molar refractivity (Wildman–Crippen MR) is 170 cm³/mol. The first kappa shape index (κ1) is 34.7. The Morgan fingerprint density at radius 2 is 1.55 bits per heavy atom. The van der Waals surface area contributed by atoms with Crippen LogP contribution in [0.4, 0.5) is 0 Å². The van der Waals surface area contributed by atoms with Gasteiger partial charge in [-0.05, 0) is 57.4 Å². The van der Waals surface area contributed by atoms with Crippen molar-refractivity contribution in [1.29, 1.82) is 0 Å². The molecule has 0 radical (unpaired) electrons. The first-order valence-corrected chi connectivity index (χ1v) is 16.1. The number of amides is 4. The monoisotopic (exact) mass is 645 g/mol. The predicted octanol–water partition coefficient (Wildman–Crippen LogP) is 1.11. The molecular weight excluding hydrogens is 606 g/mol. The highest BCUT2D eigenvalue weighted by Crippen LogP contribution is 2.46. The molecule has 238 valence electrons. The van der Waals surface area contributed by atoms with Crippen LogP contribution in [0.1, 0.15) is 38.8 Å². The number of aliphatic carboxylic acids is 1. The Morgan fingerprint density at radius 3 is 2.16 bits per heavy atom. The third-order valence-electron chi connectivity index (χ3n) is 7.03. The summed E-state index contributed by atoms with van der Waals surface area (Å²) in [6, 6.07) is 10.5. The fourth-order valence-corrected chi connectivity index (χ4v) is 7.26. The van der Waals surface area contributed by atoms with Crippen LogP contribution in [0.2, 0.25) is 0 Å². The number of aromatic hydroxyl groups is 1. The smallest absolute Gasteiger partial charge is 0.327 e. The molecule has 12 nitrogen and oxygen atoms in total. The zero-order chi connectivity index (χ0) is 32.7. The standard InChI is InChI=1S/C30H39N5O7S2/c1-29(2)23(34-25(38)20(31)14-18-10-12-19(36)13-11-18)27(40)32-16-22(37)33-21(15-17-8-6-5-7-9-17)26(39)35-24(28(41)42)30(3,4)44-43-29/h5-13,20-21,23-24,36H,14-16,31H2,1-4H3,(H,32,40)(H,33,37)(H,34,38)(H,35,39)(H,41,42)/t20-,21?,23-,24?/m1/s1.